The fourth-order valence-electron chi connectivity index (χ4n) is 3.33. The van der Waals surface area contributed by atoms with Crippen LogP contribution in [-0.2, 0) is 5.33 Å². The van der Waals surface area contributed by atoms with E-state index >= 15 is 0 Å². The molecule has 0 saturated carbocycles. The topological polar surface area (TPSA) is 3.24 Å². The van der Waals surface area contributed by atoms with E-state index in [1.165, 1.54) is 55.6 Å². The Morgan fingerprint density at radius 2 is 1.79 bits per heavy atom. The SMILES string of the molecule is CCC1(CC)CCN(c2ccc(CBr)cc2C)CC1. The Bertz CT molecular complexity index is 413. The fraction of sp³-hybridized carbons (Fsp3) is 0.647. The van der Waals surface area contributed by atoms with Crippen LogP contribution in [0.15, 0.2) is 18.2 Å². The molecule has 1 aromatic rings. The molecule has 2 rings (SSSR count). The van der Waals surface area contributed by atoms with E-state index in [1.807, 2.05) is 0 Å². The van der Waals surface area contributed by atoms with Crippen LogP contribution in [0.4, 0.5) is 5.69 Å². The van der Waals surface area contributed by atoms with Crippen LogP contribution in [0, 0.1) is 12.3 Å². The zero-order chi connectivity index (χ0) is 13.9. The maximum atomic E-state index is 3.53. The lowest BCUT2D eigenvalue weighted by Gasteiger charge is -2.42. The van der Waals surface area contributed by atoms with Crippen molar-refractivity contribution in [1.82, 2.24) is 0 Å². The minimum atomic E-state index is 0.611. The standard InChI is InChI=1S/C17H26BrN/c1-4-17(5-2)8-10-19(11-9-17)16-7-6-15(13-18)12-14(16)3/h6-7,12H,4-5,8-11,13H2,1-3H3. The summed E-state index contributed by atoms with van der Waals surface area (Å²) in [4.78, 5) is 2.58. The van der Waals surface area contributed by atoms with Crippen LogP contribution < -0.4 is 4.90 Å². The van der Waals surface area contributed by atoms with Gasteiger partial charge in [0.1, 0.15) is 0 Å². The normalized spacial score (nSPS) is 18.6. The maximum absolute atomic E-state index is 3.53. The molecule has 0 aliphatic carbocycles. The summed E-state index contributed by atoms with van der Waals surface area (Å²) in [6.07, 6.45) is 5.36. The van der Waals surface area contributed by atoms with Crippen molar-refractivity contribution < 1.29 is 0 Å². The lowest BCUT2D eigenvalue weighted by atomic mass is 9.74. The van der Waals surface area contributed by atoms with E-state index in [4.69, 9.17) is 0 Å². The zero-order valence-electron chi connectivity index (χ0n) is 12.5. The van der Waals surface area contributed by atoms with Crippen molar-refractivity contribution in [3.05, 3.63) is 29.3 Å². The number of benzene rings is 1. The van der Waals surface area contributed by atoms with Crippen molar-refractivity contribution in [2.75, 3.05) is 18.0 Å². The summed E-state index contributed by atoms with van der Waals surface area (Å²) in [5.74, 6) is 0. The Morgan fingerprint density at radius 1 is 1.16 bits per heavy atom. The van der Waals surface area contributed by atoms with Gasteiger partial charge in [-0.3, -0.25) is 0 Å². The average Bonchev–Trinajstić information content (AvgIpc) is 2.47. The van der Waals surface area contributed by atoms with E-state index in [2.05, 4.69) is 59.8 Å². The Balaban J connectivity index is 2.09. The number of hydrogen-bond acceptors (Lipinski definition) is 1. The molecule has 1 aliphatic rings. The molecule has 0 unspecified atom stereocenters. The Kier molecular flexibility index (Phi) is 4.94. The number of piperidine rings is 1. The molecule has 0 bridgehead atoms. The average molecular weight is 324 g/mol. The molecule has 0 atom stereocenters. The minimum Gasteiger partial charge on any atom is -0.371 e. The van der Waals surface area contributed by atoms with Crippen LogP contribution >= 0.6 is 15.9 Å². The van der Waals surface area contributed by atoms with Gasteiger partial charge in [0.2, 0.25) is 0 Å². The van der Waals surface area contributed by atoms with Crippen LogP contribution in [0.25, 0.3) is 0 Å². The summed E-state index contributed by atoms with van der Waals surface area (Å²) in [7, 11) is 0. The van der Waals surface area contributed by atoms with E-state index in [-0.39, 0.29) is 0 Å². The van der Waals surface area contributed by atoms with E-state index in [1.54, 1.807) is 0 Å². The Morgan fingerprint density at radius 3 is 2.26 bits per heavy atom. The third-order valence-corrected chi connectivity index (χ3v) is 5.73. The first-order valence-electron chi connectivity index (χ1n) is 7.54. The van der Waals surface area contributed by atoms with Gasteiger partial charge in [0.15, 0.2) is 0 Å². The summed E-state index contributed by atoms with van der Waals surface area (Å²) in [5.41, 5.74) is 4.83. The second-order valence-corrected chi connectivity index (χ2v) is 6.51. The first-order valence-corrected chi connectivity index (χ1v) is 8.66. The van der Waals surface area contributed by atoms with Gasteiger partial charge < -0.3 is 4.90 Å². The van der Waals surface area contributed by atoms with Crippen molar-refractivity contribution >= 4 is 21.6 Å². The molecule has 1 nitrogen and oxygen atoms in total. The fourth-order valence-corrected chi connectivity index (χ4v) is 3.68. The first kappa shape index (κ1) is 14.9. The summed E-state index contributed by atoms with van der Waals surface area (Å²) >= 11 is 3.53. The molecule has 0 N–H and O–H groups in total. The van der Waals surface area contributed by atoms with E-state index in [0.29, 0.717) is 5.41 Å². The molecule has 1 saturated heterocycles. The van der Waals surface area contributed by atoms with Gasteiger partial charge in [0.25, 0.3) is 0 Å². The molecule has 106 valence electrons. The van der Waals surface area contributed by atoms with Crippen LogP contribution in [0.1, 0.15) is 50.7 Å². The molecule has 1 aliphatic heterocycles. The molecule has 2 heteroatoms. The van der Waals surface area contributed by atoms with Gasteiger partial charge >= 0.3 is 0 Å². The summed E-state index contributed by atoms with van der Waals surface area (Å²) in [6.45, 7) is 9.39. The number of rotatable bonds is 4. The van der Waals surface area contributed by atoms with E-state index in [9.17, 15) is 0 Å². The maximum Gasteiger partial charge on any atom is 0.0396 e. The van der Waals surface area contributed by atoms with Gasteiger partial charge in [-0.05, 0) is 42.4 Å². The lowest BCUT2D eigenvalue weighted by Crippen LogP contribution is -2.39. The predicted octanol–water partition coefficient (Wildman–Crippen LogP) is 5.30. The highest BCUT2D eigenvalue weighted by Crippen LogP contribution is 2.39. The third kappa shape index (κ3) is 3.16. The molecule has 1 fully saturated rings. The Hall–Kier alpha value is -0.500. The highest BCUT2D eigenvalue weighted by atomic mass is 79.9. The summed E-state index contributed by atoms with van der Waals surface area (Å²) < 4.78 is 0. The van der Waals surface area contributed by atoms with Crippen molar-refractivity contribution in [2.45, 2.75) is 51.8 Å². The number of hydrogen-bond donors (Lipinski definition) is 0. The number of alkyl halides is 1. The van der Waals surface area contributed by atoms with Crippen LogP contribution in [-0.4, -0.2) is 13.1 Å². The van der Waals surface area contributed by atoms with Gasteiger partial charge in [0, 0.05) is 24.1 Å². The van der Waals surface area contributed by atoms with Crippen molar-refractivity contribution in [1.29, 1.82) is 0 Å². The van der Waals surface area contributed by atoms with Gasteiger partial charge in [-0.25, -0.2) is 0 Å². The molecule has 0 radical (unpaired) electrons. The van der Waals surface area contributed by atoms with Gasteiger partial charge in [-0.1, -0.05) is 54.8 Å². The van der Waals surface area contributed by atoms with Gasteiger partial charge in [-0.15, -0.1) is 0 Å². The monoisotopic (exact) mass is 323 g/mol. The zero-order valence-corrected chi connectivity index (χ0v) is 14.1. The molecule has 0 amide bonds. The first-order chi connectivity index (χ1) is 9.14. The molecule has 1 heterocycles. The Labute approximate surface area is 126 Å². The molecule has 1 aromatic carbocycles. The van der Waals surface area contributed by atoms with Crippen LogP contribution in [0.2, 0.25) is 0 Å². The summed E-state index contributed by atoms with van der Waals surface area (Å²) in [6, 6.07) is 6.86. The third-order valence-electron chi connectivity index (χ3n) is 5.08. The second-order valence-electron chi connectivity index (χ2n) is 5.95. The minimum absolute atomic E-state index is 0.611. The number of aryl methyl sites for hydroxylation is 1. The van der Waals surface area contributed by atoms with Crippen molar-refractivity contribution in [3.63, 3.8) is 0 Å². The van der Waals surface area contributed by atoms with Crippen molar-refractivity contribution in [3.8, 4) is 0 Å². The predicted molar refractivity (Wildman–Crippen MR) is 88.3 cm³/mol. The van der Waals surface area contributed by atoms with Crippen LogP contribution in [0.5, 0.6) is 0 Å². The molecule has 0 aromatic heterocycles. The van der Waals surface area contributed by atoms with Crippen molar-refractivity contribution in [2.24, 2.45) is 5.41 Å². The van der Waals surface area contributed by atoms with Crippen LogP contribution in [0.3, 0.4) is 0 Å². The molecular weight excluding hydrogens is 298 g/mol. The quantitative estimate of drug-likeness (QED) is 0.680. The highest BCUT2D eigenvalue weighted by molar-refractivity contribution is 9.08. The number of nitrogens with zero attached hydrogens (tertiary/aromatic N) is 1. The smallest absolute Gasteiger partial charge is 0.0396 e. The van der Waals surface area contributed by atoms with E-state index in [0.717, 1.165) is 5.33 Å². The van der Waals surface area contributed by atoms with E-state index < -0.39 is 0 Å². The summed E-state index contributed by atoms with van der Waals surface area (Å²) in [5, 5.41) is 0.947. The molecule has 19 heavy (non-hydrogen) atoms. The highest BCUT2D eigenvalue weighted by Gasteiger charge is 2.31. The second kappa shape index (κ2) is 6.30. The largest absolute Gasteiger partial charge is 0.371 e. The number of halogens is 1. The lowest BCUT2D eigenvalue weighted by molar-refractivity contribution is 0.199. The van der Waals surface area contributed by atoms with Gasteiger partial charge in [-0.2, -0.15) is 0 Å². The molecule has 0 spiro atoms. The molecular formula is C17H26BrN. The number of anilines is 1. The van der Waals surface area contributed by atoms with Gasteiger partial charge in [0.05, 0.1) is 0 Å².